The lowest BCUT2D eigenvalue weighted by molar-refractivity contribution is 0.0335. The summed E-state index contributed by atoms with van der Waals surface area (Å²) in [5.74, 6) is 0.720. The van der Waals surface area contributed by atoms with Gasteiger partial charge in [0.2, 0.25) is 0 Å². The molecular weight excluding hydrogens is 248 g/mol. The van der Waals surface area contributed by atoms with Crippen LogP contribution in [0.1, 0.15) is 24.2 Å². The highest BCUT2D eigenvalue weighted by Crippen LogP contribution is 2.28. The Kier molecular flexibility index (Phi) is 6.74. The zero-order chi connectivity index (χ0) is 14.1. The molecule has 1 aromatic rings. The maximum Gasteiger partial charge on any atom is 0.338 e. The number of hydrogen-bond acceptors (Lipinski definition) is 5. The van der Waals surface area contributed by atoms with Crippen LogP contribution in [-0.2, 0) is 9.47 Å². The van der Waals surface area contributed by atoms with Gasteiger partial charge in [0.15, 0.2) is 11.5 Å². The van der Waals surface area contributed by atoms with Gasteiger partial charge in [-0.2, -0.15) is 0 Å². The Morgan fingerprint density at radius 2 is 1.89 bits per heavy atom. The van der Waals surface area contributed by atoms with Crippen LogP contribution in [0.3, 0.4) is 0 Å². The van der Waals surface area contributed by atoms with E-state index < -0.39 is 5.97 Å². The summed E-state index contributed by atoms with van der Waals surface area (Å²) in [7, 11) is 1.53. The van der Waals surface area contributed by atoms with Crippen molar-refractivity contribution in [1.29, 1.82) is 0 Å². The minimum Gasteiger partial charge on any atom is -0.493 e. The zero-order valence-electron chi connectivity index (χ0n) is 11.6. The van der Waals surface area contributed by atoms with Crippen LogP contribution in [0.2, 0.25) is 0 Å². The highest BCUT2D eigenvalue weighted by Gasteiger charge is 2.12. The third-order valence-electron chi connectivity index (χ3n) is 2.36. The van der Waals surface area contributed by atoms with Crippen molar-refractivity contribution in [1.82, 2.24) is 0 Å². The van der Waals surface area contributed by atoms with Gasteiger partial charge in [-0.15, -0.1) is 0 Å². The zero-order valence-corrected chi connectivity index (χ0v) is 11.6. The summed E-state index contributed by atoms with van der Waals surface area (Å²) < 4.78 is 20.7. The summed E-state index contributed by atoms with van der Waals surface area (Å²) in [6, 6.07) is 4.95. The minimum atomic E-state index is -0.402. The Bertz CT molecular complexity index is 403. The van der Waals surface area contributed by atoms with Crippen molar-refractivity contribution in [2.24, 2.45) is 0 Å². The van der Waals surface area contributed by atoms with E-state index in [4.69, 9.17) is 18.9 Å². The van der Waals surface area contributed by atoms with Crippen LogP contribution in [-0.4, -0.2) is 39.5 Å². The van der Waals surface area contributed by atoms with Gasteiger partial charge in [0.05, 0.1) is 25.9 Å². The lowest BCUT2D eigenvalue weighted by atomic mass is 10.2. The van der Waals surface area contributed by atoms with Crippen LogP contribution in [0, 0.1) is 0 Å². The van der Waals surface area contributed by atoms with Gasteiger partial charge in [-0.25, -0.2) is 4.79 Å². The standard InChI is InChI=1S/C14H20O5/c1-4-17-8-9-19-14(15)11-6-7-12(18-5-2)13(10-11)16-3/h6-7,10H,4-5,8-9H2,1-3H3. The molecule has 0 atom stereocenters. The fourth-order valence-corrected chi connectivity index (χ4v) is 1.49. The molecule has 0 spiro atoms. The number of hydrogen-bond donors (Lipinski definition) is 0. The Morgan fingerprint density at radius 1 is 1.11 bits per heavy atom. The van der Waals surface area contributed by atoms with E-state index in [1.54, 1.807) is 18.2 Å². The van der Waals surface area contributed by atoms with E-state index in [2.05, 4.69) is 0 Å². The molecule has 19 heavy (non-hydrogen) atoms. The molecule has 5 heteroatoms. The van der Waals surface area contributed by atoms with E-state index in [0.717, 1.165) is 0 Å². The van der Waals surface area contributed by atoms with Gasteiger partial charge in [0, 0.05) is 6.61 Å². The smallest absolute Gasteiger partial charge is 0.338 e. The van der Waals surface area contributed by atoms with Gasteiger partial charge in [0.1, 0.15) is 6.61 Å². The van der Waals surface area contributed by atoms with Crippen LogP contribution < -0.4 is 9.47 Å². The predicted octanol–water partition coefficient (Wildman–Crippen LogP) is 2.29. The maximum atomic E-state index is 11.8. The van der Waals surface area contributed by atoms with E-state index in [-0.39, 0.29) is 6.61 Å². The van der Waals surface area contributed by atoms with Gasteiger partial charge in [-0.1, -0.05) is 0 Å². The molecule has 0 saturated carbocycles. The second-order valence-electron chi connectivity index (χ2n) is 3.63. The number of methoxy groups -OCH3 is 1. The summed E-state index contributed by atoms with van der Waals surface area (Å²) in [5.41, 5.74) is 0.428. The van der Waals surface area contributed by atoms with Crippen molar-refractivity contribution in [2.45, 2.75) is 13.8 Å². The maximum absolute atomic E-state index is 11.8. The predicted molar refractivity (Wildman–Crippen MR) is 70.9 cm³/mol. The lowest BCUT2D eigenvalue weighted by Gasteiger charge is -2.10. The molecule has 5 nitrogen and oxygen atoms in total. The van der Waals surface area contributed by atoms with E-state index in [0.29, 0.717) is 36.9 Å². The molecule has 0 aliphatic carbocycles. The summed E-state index contributed by atoms with van der Waals surface area (Å²) in [5, 5.41) is 0. The van der Waals surface area contributed by atoms with E-state index in [1.165, 1.54) is 7.11 Å². The first-order valence-electron chi connectivity index (χ1n) is 6.28. The second kappa shape index (κ2) is 8.37. The average Bonchev–Trinajstić information content (AvgIpc) is 2.44. The molecule has 0 aliphatic rings. The van der Waals surface area contributed by atoms with Gasteiger partial charge >= 0.3 is 5.97 Å². The summed E-state index contributed by atoms with van der Waals surface area (Å²) >= 11 is 0. The molecule has 0 aromatic heterocycles. The average molecular weight is 268 g/mol. The molecule has 0 fully saturated rings. The van der Waals surface area contributed by atoms with Crippen LogP contribution in [0.5, 0.6) is 11.5 Å². The molecular formula is C14H20O5. The molecule has 0 aliphatic heterocycles. The van der Waals surface area contributed by atoms with Crippen molar-refractivity contribution < 1.29 is 23.7 Å². The first kappa shape index (κ1) is 15.3. The monoisotopic (exact) mass is 268 g/mol. The molecule has 0 unspecified atom stereocenters. The Labute approximate surface area is 113 Å². The van der Waals surface area contributed by atoms with Gasteiger partial charge in [0.25, 0.3) is 0 Å². The van der Waals surface area contributed by atoms with Crippen LogP contribution in [0.15, 0.2) is 18.2 Å². The topological polar surface area (TPSA) is 54.0 Å². The first-order chi connectivity index (χ1) is 9.22. The van der Waals surface area contributed by atoms with Gasteiger partial charge < -0.3 is 18.9 Å². The summed E-state index contributed by atoms with van der Waals surface area (Å²) in [6.07, 6.45) is 0. The number of esters is 1. The normalized spacial score (nSPS) is 10.1. The first-order valence-corrected chi connectivity index (χ1v) is 6.28. The minimum absolute atomic E-state index is 0.238. The van der Waals surface area contributed by atoms with Gasteiger partial charge in [-0.05, 0) is 32.0 Å². The SMILES string of the molecule is CCOCCOC(=O)c1ccc(OCC)c(OC)c1. The Hall–Kier alpha value is -1.75. The van der Waals surface area contributed by atoms with Crippen molar-refractivity contribution in [2.75, 3.05) is 33.5 Å². The van der Waals surface area contributed by atoms with Crippen molar-refractivity contribution >= 4 is 5.97 Å². The molecule has 0 bridgehead atoms. The fraction of sp³-hybridized carbons (Fsp3) is 0.500. The summed E-state index contributed by atoms with van der Waals surface area (Å²) in [4.78, 5) is 11.8. The molecule has 0 amide bonds. The van der Waals surface area contributed by atoms with Gasteiger partial charge in [-0.3, -0.25) is 0 Å². The van der Waals surface area contributed by atoms with Crippen LogP contribution in [0.4, 0.5) is 0 Å². The molecule has 0 saturated heterocycles. The molecule has 0 N–H and O–H groups in total. The van der Waals surface area contributed by atoms with Crippen molar-refractivity contribution in [3.05, 3.63) is 23.8 Å². The van der Waals surface area contributed by atoms with Crippen LogP contribution >= 0.6 is 0 Å². The fourth-order valence-electron chi connectivity index (χ4n) is 1.49. The number of benzene rings is 1. The van der Waals surface area contributed by atoms with Crippen LogP contribution in [0.25, 0.3) is 0 Å². The molecule has 1 rings (SSSR count). The lowest BCUT2D eigenvalue weighted by Crippen LogP contribution is -2.11. The van der Waals surface area contributed by atoms with E-state index in [9.17, 15) is 4.79 Å². The molecule has 0 radical (unpaired) electrons. The largest absolute Gasteiger partial charge is 0.493 e. The number of carbonyl (C=O) groups is 1. The number of ether oxygens (including phenoxy) is 4. The van der Waals surface area contributed by atoms with E-state index in [1.807, 2.05) is 13.8 Å². The van der Waals surface area contributed by atoms with Crippen molar-refractivity contribution in [3.8, 4) is 11.5 Å². The molecule has 0 heterocycles. The Balaban J connectivity index is 2.64. The highest BCUT2D eigenvalue weighted by molar-refractivity contribution is 5.90. The number of rotatable bonds is 8. The third kappa shape index (κ3) is 4.79. The third-order valence-corrected chi connectivity index (χ3v) is 2.36. The quantitative estimate of drug-likeness (QED) is 0.535. The number of carbonyl (C=O) groups excluding carboxylic acids is 1. The van der Waals surface area contributed by atoms with Crippen molar-refractivity contribution in [3.63, 3.8) is 0 Å². The highest BCUT2D eigenvalue weighted by atomic mass is 16.6. The Morgan fingerprint density at radius 3 is 2.53 bits per heavy atom. The second-order valence-corrected chi connectivity index (χ2v) is 3.63. The molecule has 1 aromatic carbocycles. The summed E-state index contributed by atoms with van der Waals surface area (Å²) in [6.45, 7) is 5.55. The van der Waals surface area contributed by atoms with E-state index >= 15 is 0 Å². The molecule has 106 valence electrons.